The number of nitrogens with zero attached hydrogens (tertiary/aromatic N) is 3. The fraction of sp³-hybridized carbons (Fsp3) is 0.0769. The normalized spacial score (nSPS) is 10.7. The van der Waals surface area contributed by atoms with Crippen molar-refractivity contribution >= 4 is 23.8 Å². The van der Waals surface area contributed by atoms with Crippen LogP contribution in [0.2, 0.25) is 5.02 Å². The van der Waals surface area contributed by atoms with Gasteiger partial charge in [0.1, 0.15) is 18.2 Å². The summed E-state index contributed by atoms with van der Waals surface area (Å²) in [7, 11) is 1.57. The predicted octanol–water partition coefficient (Wildman–Crippen LogP) is 5.00. The zero-order chi connectivity index (χ0) is 24.6. The summed E-state index contributed by atoms with van der Waals surface area (Å²) in [5, 5.41) is 14.2. The first-order valence-corrected chi connectivity index (χ1v) is 10.9. The van der Waals surface area contributed by atoms with Gasteiger partial charge in [0.15, 0.2) is 11.5 Å². The summed E-state index contributed by atoms with van der Waals surface area (Å²) in [5.74, 6) is 1.23. The van der Waals surface area contributed by atoms with Gasteiger partial charge in [0.2, 0.25) is 5.95 Å². The molecule has 4 aromatic rings. The molecular weight excluding hydrogens is 466 g/mol. The molecule has 0 saturated heterocycles. The van der Waals surface area contributed by atoms with Gasteiger partial charge in [0, 0.05) is 10.6 Å². The van der Waals surface area contributed by atoms with E-state index in [0.29, 0.717) is 28.7 Å². The highest BCUT2D eigenvalue weighted by Crippen LogP contribution is 2.28. The Morgan fingerprint density at radius 2 is 1.89 bits per heavy atom. The molecular formula is C26H20ClN5O3. The lowest BCUT2D eigenvalue weighted by atomic mass is 10.1. The number of hydrogen-bond acceptors (Lipinski definition) is 7. The molecule has 0 spiro atoms. The maximum atomic E-state index is 12.4. The minimum absolute atomic E-state index is 0.0663. The van der Waals surface area contributed by atoms with Crippen molar-refractivity contribution in [2.24, 2.45) is 5.10 Å². The predicted molar refractivity (Wildman–Crippen MR) is 135 cm³/mol. The Labute approximate surface area is 206 Å². The van der Waals surface area contributed by atoms with Crippen LogP contribution >= 0.6 is 11.6 Å². The molecule has 3 aromatic carbocycles. The Morgan fingerprint density at radius 1 is 1.11 bits per heavy atom. The SMILES string of the molecule is COc1ccc(C=NNc2nc(-c3ccccc3)c(C#N)c(=O)[nH]2)cc1OCc1ccc(Cl)cc1. The highest BCUT2D eigenvalue weighted by Gasteiger charge is 2.13. The van der Waals surface area contributed by atoms with Crippen LogP contribution in [0.3, 0.4) is 0 Å². The molecule has 35 heavy (non-hydrogen) atoms. The lowest BCUT2D eigenvalue weighted by Crippen LogP contribution is -2.16. The Morgan fingerprint density at radius 3 is 2.60 bits per heavy atom. The number of hydrazone groups is 1. The summed E-state index contributed by atoms with van der Waals surface area (Å²) in [4.78, 5) is 19.3. The van der Waals surface area contributed by atoms with Gasteiger partial charge >= 0.3 is 0 Å². The number of aromatic nitrogens is 2. The number of nitrogens with one attached hydrogen (secondary N) is 2. The van der Waals surface area contributed by atoms with E-state index >= 15 is 0 Å². The van der Waals surface area contributed by atoms with Crippen molar-refractivity contribution in [1.29, 1.82) is 5.26 Å². The highest BCUT2D eigenvalue weighted by atomic mass is 35.5. The van der Waals surface area contributed by atoms with Crippen LogP contribution in [-0.2, 0) is 6.61 Å². The van der Waals surface area contributed by atoms with Gasteiger partial charge in [-0.05, 0) is 41.5 Å². The van der Waals surface area contributed by atoms with Crippen LogP contribution in [0.5, 0.6) is 11.5 Å². The molecule has 0 bridgehead atoms. The van der Waals surface area contributed by atoms with Gasteiger partial charge in [-0.15, -0.1) is 0 Å². The van der Waals surface area contributed by atoms with E-state index in [2.05, 4.69) is 20.5 Å². The van der Waals surface area contributed by atoms with Crippen LogP contribution < -0.4 is 20.5 Å². The second kappa shape index (κ2) is 11.0. The molecule has 0 amide bonds. The summed E-state index contributed by atoms with van der Waals surface area (Å²) in [6, 6.07) is 23.7. The summed E-state index contributed by atoms with van der Waals surface area (Å²) in [6.45, 7) is 0.338. The van der Waals surface area contributed by atoms with Gasteiger partial charge < -0.3 is 9.47 Å². The van der Waals surface area contributed by atoms with Gasteiger partial charge in [0.25, 0.3) is 5.56 Å². The van der Waals surface area contributed by atoms with Crippen LogP contribution in [0.15, 0.2) is 82.7 Å². The Kier molecular flexibility index (Phi) is 7.40. The second-order valence-corrected chi connectivity index (χ2v) is 7.75. The van der Waals surface area contributed by atoms with Crippen LogP contribution in [0.4, 0.5) is 5.95 Å². The van der Waals surface area contributed by atoms with Gasteiger partial charge in [0.05, 0.1) is 19.0 Å². The van der Waals surface area contributed by atoms with E-state index in [1.807, 2.05) is 30.3 Å². The van der Waals surface area contributed by atoms with Crippen molar-refractivity contribution in [3.8, 4) is 28.8 Å². The van der Waals surface area contributed by atoms with E-state index in [1.54, 1.807) is 61.9 Å². The van der Waals surface area contributed by atoms with E-state index in [4.69, 9.17) is 21.1 Å². The number of ether oxygens (including phenoxy) is 2. The summed E-state index contributed by atoms with van der Waals surface area (Å²) >= 11 is 5.93. The molecule has 0 aliphatic heterocycles. The third-order valence-corrected chi connectivity index (χ3v) is 5.21. The maximum Gasteiger partial charge on any atom is 0.270 e. The molecule has 2 N–H and O–H groups in total. The number of H-pyrrole nitrogens is 1. The Balaban J connectivity index is 1.52. The molecule has 174 valence electrons. The van der Waals surface area contributed by atoms with Crippen molar-refractivity contribution in [2.45, 2.75) is 6.61 Å². The molecule has 9 heteroatoms. The number of anilines is 1. The Hall–Kier alpha value is -4.61. The summed E-state index contributed by atoms with van der Waals surface area (Å²) in [6.07, 6.45) is 1.55. The van der Waals surface area contributed by atoms with Crippen LogP contribution in [0.1, 0.15) is 16.7 Å². The number of nitriles is 1. The van der Waals surface area contributed by atoms with Gasteiger partial charge in [-0.25, -0.2) is 10.4 Å². The molecule has 0 atom stereocenters. The van der Waals surface area contributed by atoms with Crippen LogP contribution in [-0.4, -0.2) is 23.3 Å². The van der Waals surface area contributed by atoms with Crippen molar-refractivity contribution in [3.63, 3.8) is 0 Å². The number of benzene rings is 3. The minimum atomic E-state index is -0.554. The first-order valence-electron chi connectivity index (χ1n) is 10.5. The largest absolute Gasteiger partial charge is 0.493 e. The number of methoxy groups -OCH3 is 1. The Bertz CT molecular complexity index is 1450. The molecule has 0 fully saturated rings. The number of hydrogen-bond donors (Lipinski definition) is 2. The molecule has 0 radical (unpaired) electrons. The average Bonchev–Trinajstić information content (AvgIpc) is 2.88. The molecule has 1 heterocycles. The quantitative estimate of drug-likeness (QED) is 0.268. The number of rotatable bonds is 8. The first kappa shape index (κ1) is 23.5. The minimum Gasteiger partial charge on any atom is -0.493 e. The van der Waals surface area contributed by atoms with Crippen molar-refractivity contribution in [3.05, 3.63) is 105 Å². The van der Waals surface area contributed by atoms with Crippen LogP contribution in [0, 0.1) is 11.3 Å². The third-order valence-electron chi connectivity index (χ3n) is 4.96. The van der Waals surface area contributed by atoms with E-state index in [9.17, 15) is 10.1 Å². The van der Waals surface area contributed by atoms with E-state index < -0.39 is 5.56 Å². The standard InChI is InChI=1S/C26H20ClN5O3/c1-34-22-12-9-18(13-23(22)35-16-17-7-10-20(27)11-8-17)15-29-32-26-30-24(19-5-3-2-4-6-19)21(14-28)25(33)31-26/h2-13,15H,16H2,1H3,(H2,30,31,32,33). The monoisotopic (exact) mass is 485 g/mol. The van der Waals surface area contributed by atoms with E-state index in [-0.39, 0.29) is 17.2 Å². The molecule has 1 aromatic heterocycles. The number of aromatic amines is 1. The first-order chi connectivity index (χ1) is 17.1. The highest BCUT2D eigenvalue weighted by molar-refractivity contribution is 6.30. The third kappa shape index (κ3) is 5.85. The summed E-state index contributed by atoms with van der Waals surface area (Å²) in [5.41, 5.74) is 4.71. The van der Waals surface area contributed by atoms with Crippen molar-refractivity contribution < 1.29 is 9.47 Å². The average molecular weight is 486 g/mol. The maximum absolute atomic E-state index is 12.4. The molecule has 0 aliphatic rings. The van der Waals surface area contributed by atoms with Crippen molar-refractivity contribution in [2.75, 3.05) is 12.5 Å². The molecule has 0 aliphatic carbocycles. The topological polar surface area (TPSA) is 112 Å². The lowest BCUT2D eigenvalue weighted by molar-refractivity contribution is 0.284. The molecule has 8 nitrogen and oxygen atoms in total. The van der Waals surface area contributed by atoms with Crippen LogP contribution in [0.25, 0.3) is 11.3 Å². The second-order valence-electron chi connectivity index (χ2n) is 7.31. The molecule has 4 rings (SSSR count). The number of halogens is 1. The summed E-state index contributed by atoms with van der Waals surface area (Å²) < 4.78 is 11.3. The van der Waals surface area contributed by atoms with E-state index in [0.717, 1.165) is 11.1 Å². The van der Waals surface area contributed by atoms with Gasteiger partial charge in [-0.3, -0.25) is 9.78 Å². The van der Waals surface area contributed by atoms with E-state index in [1.165, 1.54) is 0 Å². The van der Waals surface area contributed by atoms with Gasteiger partial charge in [-0.1, -0.05) is 54.1 Å². The lowest BCUT2D eigenvalue weighted by Gasteiger charge is -2.11. The fourth-order valence-electron chi connectivity index (χ4n) is 3.23. The zero-order valence-electron chi connectivity index (χ0n) is 18.7. The fourth-order valence-corrected chi connectivity index (χ4v) is 3.36. The molecule has 0 saturated carbocycles. The van der Waals surface area contributed by atoms with Gasteiger partial charge in [-0.2, -0.15) is 10.4 Å². The zero-order valence-corrected chi connectivity index (χ0v) is 19.4. The van der Waals surface area contributed by atoms with Crippen molar-refractivity contribution in [1.82, 2.24) is 9.97 Å². The smallest absolute Gasteiger partial charge is 0.270 e. The molecule has 0 unspecified atom stereocenters.